The van der Waals surface area contributed by atoms with Crippen molar-refractivity contribution in [3.63, 3.8) is 0 Å². The third-order valence-corrected chi connectivity index (χ3v) is 2.08. The fraction of sp³-hybridized carbons (Fsp3) is 0.400. The van der Waals surface area contributed by atoms with Crippen LogP contribution in [0.4, 0.5) is 0 Å². The van der Waals surface area contributed by atoms with Gasteiger partial charge in [0.15, 0.2) is 0 Å². The Morgan fingerprint density at radius 2 is 2.00 bits per heavy atom. The zero-order valence-electron chi connectivity index (χ0n) is 5.76. The molecule has 0 aromatic heterocycles. The summed E-state index contributed by atoms with van der Waals surface area (Å²) in [6.45, 7) is 1.18. The van der Waals surface area contributed by atoms with Crippen molar-refractivity contribution in [1.29, 1.82) is 0 Å². The van der Waals surface area contributed by atoms with Crippen LogP contribution in [-0.2, 0) is 14.9 Å². The number of carboxylic acid groups (broad SMARTS) is 1. The highest BCUT2D eigenvalue weighted by atomic mass is 32.2. The second-order valence-corrected chi connectivity index (χ2v) is 3.69. The molecular weight excluding hydrogens is 172 g/mol. The van der Waals surface area contributed by atoms with E-state index in [1.54, 1.807) is 0 Å². The molecule has 0 saturated heterocycles. The van der Waals surface area contributed by atoms with Crippen molar-refractivity contribution in [3.8, 4) is 0 Å². The van der Waals surface area contributed by atoms with Crippen LogP contribution in [0.15, 0.2) is 12.2 Å². The summed E-state index contributed by atoms with van der Waals surface area (Å²) in [7, 11) is -4.15. The first-order chi connectivity index (χ1) is 4.84. The lowest BCUT2D eigenvalue weighted by Crippen LogP contribution is -2.13. The van der Waals surface area contributed by atoms with E-state index in [0.717, 1.165) is 6.08 Å². The van der Waals surface area contributed by atoms with Gasteiger partial charge in [-0.1, -0.05) is 6.08 Å². The lowest BCUT2D eigenvalue weighted by molar-refractivity contribution is -0.131. The third-order valence-electron chi connectivity index (χ3n) is 0.980. The Kier molecular flexibility index (Phi) is 3.21. The molecular formula is C5H8O5S. The molecule has 2 N–H and O–H groups in total. The number of hydrogen-bond acceptors (Lipinski definition) is 3. The van der Waals surface area contributed by atoms with Gasteiger partial charge in [0, 0.05) is 6.08 Å². The van der Waals surface area contributed by atoms with Crippen molar-refractivity contribution >= 4 is 16.1 Å². The van der Waals surface area contributed by atoms with Crippen molar-refractivity contribution in [1.82, 2.24) is 0 Å². The Morgan fingerprint density at radius 1 is 1.55 bits per heavy atom. The zero-order chi connectivity index (χ0) is 9.07. The molecule has 1 unspecified atom stereocenters. The van der Waals surface area contributed by atoms with Crippen LogP contribution in [0.1, 0.15) is 6.92 Å². The summed E-state index contributed by atoms with van der Waals surface area (Å²) in [5.74, 6) is -1.25. The highest BCUT2D eigenvalue weighted by molar-refractivity contribution is 7.86. The van der Waals surface area contributed by atoms with Crippen molar-refractivity contribution in [2.75, 3.05) is 0 Å². The van der Waals surface area contributed by atoms with Crippen LogP contribution in [0.25, 0.3) is 0 Å². The van der Waals surface area contributed by atoms with E-state index < -0.39 is 21.3 Å². The fourth-order valence-corrected chi connectivity index (χ4v) is 0.594. The van der Waals surface area contributed by atoms with Crippen molar-refractivity contribution in [2.45, 2.75) is 12.2 Å². The Morgan fingerprint density at radius 3 is 2.27 bits per heavy atom. The first-order valence-corrected chi connectivity index (χ1v) is 4.22. The molecule has 5 nitrogen and oxygen atoms in total. The van der Waals surface area contributed by atoms with Gasteiger partial charge >= 0.3 is 5.97 Å². The summed E-state index contributed by atoms with van der Waals surface area (Å²) in [6, 6.07) is 0. The highest BCUT2D eigenvalue weighted by Gasteiger charge is 2.13. The minimum absolute atomic E-state index is 0.665. The average molecular weight is 180 g/mol. The monoisotopic (exact) mass is 180 g/mol. The highest BCUT2D eigenvalue weighted by Crippen LogP contribution is 1.98. The molecule has 0 amide bonds. The van der Waals surface area contributed by atoms with E-state index in [1.807, 2.05) is 0 Å². The fourth-order valence-electron chi connectivity index (χ4n) is 0.317. The summed E-state index contributed by atoms with van der Waals surface area (Å²) < 4.78 is 28.8. The Hall–Kier alpha value is -0.880. The molecule has 0 aromatic carbocycles. The Bertz CT molecular complexity index is 263. The van der Waals surface area contributed by atoms with Gasteiger partial charge in [0.2, 0.25) is 0 Å². The van der Waals surface area contributed by atoms with Gasteiger partial charge < -0.3 is 5.11 Å². The second kappa shape index (κ2) is 3.49. The summed E-state index contributed by atoms with van der Waals surface area (Å²) in [5, 5.41) is 6.88. The molecule has 0 aliphatic rings. The number of hydrogen-bond donors (Lipinski definition) is 2. The molecule has 0 bridgehead atoms. The van der Waals surface area contributed by atoms with Gasteiger partial charge in [-0.2, -0.15) is 8.42 Å². The molecule has 1 atom stereocenters. The van der Waals surface area contributed by atoms with Gasteiger partial charge in [0.05, 0.1) is 0 Å². The maximum absolute atomic E-state index is 10.3. The molecule has 11 heavy (non-hydrogen) atoms. The molecule has 0 aromatic rings. The molecule has 0 radical (unpaired) electrons. The van der Waals surface area contributed by atoms with Gasteiger partial charge in [-0.25, -0.2) is 4.79 Å². The van der Waals surface area contributed by atoms with Crippen LogP contribution in [-0.4, -0.2) is 29.3 Å². The molecule has 0 aliphatic carbocycles. The number of carboxylic acids is 1. The van der Waals surface area contributed by atoms with E-state index in [0.29, 0.717) is 6.08 Å². The molecule has 0 fully saturated rings. The Balaban J connectivity index is 4.32. The smallest absolute Gasteiger partial charge is 0.328 e. The second-order valence-electron chi connectivity index (χ2n) is 1.92. The lowest BCUT2D eigenvalue weighted by Gasteiger charge is -1.98. The van der Waals surface area contributed by atoms with E-state index in [2.05, 4.69) is 0 Å². The van der Waals surface area contributed by atoms with Crippen molar-refractivity contribution in [3.05, 3.63) is 12.2 Å². The molecule has 64 valence electrons. The van der Waals surface area contributed by atoms with Crippen LogP contribution in [0.5, 0.6) is 0 Å². The quantitative estimate of drug-likeness (QED) is 0.467. The molecule has 0 aliphatic heterocycles. The van der Waals surface area contributed by atoms with E-state index in [-0.39, 0.29) is 0 Å². The minimum Gasteiger partial charge on any atom is -0.478 e. The van der Waals surface area contributed by atoms with Gasteiger partial charge in [0.25, 0.3) is 10.1 Å². The SMILES string of the molecule is CC(C=CC(=O)O)S(=O)(=O)O. The maximum Gasteiger partial charge on any atom is 0.328 e. The molecule has 0 heterocycles. The summed E-state index contributed by atoms with van der Waals surface area (Å²) in [4.78, 5) is 9.87. The van der Waals surface area contributed by atoms with Gasteiger partial charge in [-0.3, -0.25) is 4.55 Å². The molecule has 0 saturated carbocycles. The van der Waals surface area contributed by atoms with Crippen LogP contribution in [0.3, 0.4) is 0 Å². The van der Waals surface area contributed by atoms with E-state index >= 15 is 0 Å². The molecule has 0 spiro atoms. The van der Waals surface area contributed by atoms with Crippen LogP contribution >= 0.6 is 0 Å². The Labute approximate surface area is 64.1 Å². The first-order valence-electron chi connectivity index (χ1n) is 2.71. The standard InChI is InChI=1S/C5H8O5S/c1-4(11(8,9)10)2-3-5(6)7/h2-4H,1H3,(H,6,7)(H,8,9,10). The normalized spacial score (nSPS) is 15.1. The van der Waals surface area contributed by atoms with E-state index in [1.165, 1.54) is 6.92 Å². The van der Waals surface area contributed by atoms with Crippen LogP contribution in [0, 0.1) is 0 Å². The number of carbonyl (C=O) groups is 1. The topological polar surface area (TPSA) is 91.7 Å². The average Bonchev–Trinajstić information content (AvgIpc) is 1.80. The summed E-state index contributed by atoms with van der Waals surface area (Å²) >= 11 is 0. The van der Waals surface area contributed by atoms with Crippen LogP contribution < -0.4 is 0 Å². The largest absolute Gasteiger partial charge is 0.478 e. The minimum atomic E-state index is -4.15. The van der Waals surface area contributed by atoms with Gasteiger partial charge in [-0.15, -0.1) is 0 Å². The predicted molar refractivity (Wildman–Crippen MR) is 37.8 cm³/mol. The van der Waals surface area contributed by atoms with Gasteiger partial charge in [-0.05, 0) is 6.92 Å². The molecule has 0 rings (SSSR count). The predicted octanol–water partition coefficient (Wildman–Crippen LogP) is -0.0965. The third kappa shape index (κ3) is 4.51. The number of aliphatic carboxylic acids is 1. The number of rotatable bonds is 3. The zero-order valence-corrected chi connectivity index (χ0v) is 6.58. The van der Waals surface area contributed by atoms with Crippen molar-refractivity contribution in [2.24, 2.45) is 0 Å². The summed E-state index contributed by atoms with van der Waals surface area (Å²) in [6.07, 6.45) is 1.55. The summed E-state index contributed by atoms with van der Waals surface area (Å²) in [5.41, 5.74) is 0. The molecule has 6 heteroatoms. The van der Waals surface area contributed by atoms with Crippen LogP contribution in [0.2, 0.25) is 0 Å². The van der Waals surface area contributed by atoms with Crippen molar-refractivity contribution < 1.29 is 22.9 Å². The first kappa shape index (κ1) is 10.1. The van der Waals surface area contributed by atoms with E-state index in [4.69, 9.17) is 9.66 Å². The lowest BCUT2D eigenvalue weighted by atomic mass is 10.4. The van der Waals surface area contributed by atoms with Gasteiger partial charge in [0.1, 0.15) is 5.25 Å². The maximum atomic E-state index is 10.3. The van der Waals surface area contributed by atoms with E-state index in [9.17, 15) is 13.2 Å².